The first kappa shape index (κ1) is 16.5. The van der Waals surface area contributed by atoms with Gasteiger partial charge in [0.05, 0.1) is 5.02 Å². The van der Waals surface area contributed by atoms with Crippen molar-refractivity contribution in [1.29, 1.82) is 0 Å². The Balaban J connectivity index is 2.91. The van der Waals surface area contributed by atoms with E-state index in [0.717, 1.165) is 19.4 Å². The highest BCUT2D eigenvalue weighted by Crippen LogP contribution is 2.29. The summed E-state index contributed by atoms with van der Waals surface area (Å²) in [5.41, 5.74) is 0.826. The third-order valence-corrected chi connectivity index (χ3v) is 4.24. The van der Waals surface area contributed by atoms with Crippen molar-refractivity contribution >= 4 is 11.6 Å². The molecule has 1 atom stereocenters. The Morgan fingerprint density at radius 1 is 1.32 bits per heavy atom. The second kappa shape index (κ2) is 7.25. The van der Waals surface area contributed by atoms with Gasteiger partial charge in [0.2, 0.25) is 0 Å². The van der Waals surface area contributed by atoms with E-state index in [0.29, 0.717) is 12.0 Å². The molecule has 1 rings (SSSR count). The first-order valence-electron chi connectivity index (χ1n) is 7.08. The van der Waals surface area contributed by atoms with Gasteiger partial charge in [-0.15, -0.1) is 0 Å². The van der Waals surface area contributed by atoms with Gasteiger partial charge in [-0.3, -0.25) is 0 Å². The normalized spacial score (nSPS) is 13.6. The minimum absolute atomic E-state index is 0.129. The van der Waals surface area contributed by atoms with Crippen LogP contribution in [-0.2, 0) is 6.42 Å². The van der Waals surface area contributed by atoms with Crippen LogP contribution >= 0.6 is 11.6 Å². The molecule has 0 saturated heterocycles. The van der Waals surface area contributed by atoms with Gasteiger partial charge in [0, 0.05) is 6.04 Å². The van der Waals surface area contributed by atoms with Gasteiger partial charge < -0.3 is 5.32 Å². The molecule has 19 heavy (non-hydrogen) atoms. The standard InChI is InChI=1S/C16H25ClFN/c1-5-10-19-14(16(3,4)6-2)11-12-8-7-9-13(17)15(12)18/h7-9,14,19H,5-6,10-11H2,1-4H3. The molecule has 1 nitrogen and oxygen atoms in total. The molecule has 0 bridgehead atoms. The van der Waals surface area contributed by atoms with Gasteiger partial charge >= 0.3 is 0 Å². The molecule has 0 radical (unpaired) electrons. The molecule has 0 amide bonds. The minimum Gasteiger partial charge on any atom is -0.313 e. The zero-order chi connectivity index (χ0) is 14.5. The molecule has 1 N–H and O–H groups in total. The molecular weight excluding hydrogens is 261 g/mol. The molecule has 1 unspecified atom stereocenters. The van der Waals surface area contributed by atoms with Crippen LogP contribution in [0.15, 0.2) is 18.2 Å². The van der Waals surface area contributed by atoms with Gasteiger partial charge in [0.15, 0.2) is 0 Å². The summed E-state index contributed by atoms with van der Waals surface area (Å²) in [5.74, 6) is -0.278. The zero-order valence-corrected chi connectivity index (χ0v) is 13.1. The molecule has 0 aliphatic heterocycles. The first-order valence-corrected chi connectivity index (χ1v) is 7.46. The molecule has 0 aromatic heterocycles. The Morgan fingerprint density at radius 3 is 2.58 bits per heavy atom. The maximum atomic E-state index is 14.0. The third kappa shape index (κ3) is 4.47. The highest BCUT2D eigenvalue weighted by molar-refractivity contribution is 6.30. The largest absolute Gasteiger partial charge is 0.313 e. The van der Waals surface area contributed by atoms with Crippen LogP contribution in [0.25, 0.3) is 0 Å². The molecule has 1 aromatic rings. The lowest BCUT2D eigenvalue weighted by molar-refractivity contribution is 0.229. The SMILES string of the molecule is CCCNC(Cc1cccc(Cl)c1F)C(C)(C)CC. The Hall–Kier alpha value is -0.600. The number of hydrogen-bond acceptors (Lipinski definition) is 1. The highest BCUT2D eigenvalue weighted by atomic mass is 35.5. The summed E-state index contributed by atoms with van der Waals surface area (Å²) in [6.45, 7) is 9.72. The van der Waals surface area contributed by atoms with Crippen molar-refractivity contribution in [2.45, 2.75) is 53.0 Å². The summed E-state index contributed by atoms with van der Waals surface area (Å²) in [4.78, 5) is 0. The van der Waals surface area contributed by atoms with Crippen LogP contribution in [0.2, 0.25) is 5.02 Å². The Kier molecular flexibility index (Phi) is 6.28. The van der Waals surface area contributed by atoms with E-state index < -0.39 is 0 Å². The molecule has 108 valence electrons. The van der Waals surface area contributed by atoms with Crippen LogP contribution in [0.3, 0.4) is 0 Å². The number of rotatable bonds is 7. The fraction of sp³-hybridized carbons (Fsp3) is 0.625. The molecule has 0 saturated carbocycles. The van der Waals surface area contributed by atoms with Crippen molar-refractivity contribution in [3.63, 3.8) is 0 Å². The number of benzene rings is 1. The fourth-order valence-corrected chi connectivity index (χ4v) is 2.31. The van der Waals surface area contributed by atoms with Crippen LogP contribution in [0, 0.1) is 11.2 Å². The van der Waals surface area contributed by atoms with Crippen LogP contribution in [-0.4, -0.2) is 12.6 Å². The minimum atomic E-state index is -0.278. The second-order valence-corrected chi connectivity index (χ2v) is 6.17. The van der Waals surface area contributed by atoms with Crippen molar-refractivity contribution in [2.24, 2.45) is 5.41 Å². The molecule has 0 spiro atoms. The average Bonchev–Trinajstić information content (AvgIpc) is 2.39. The Labute approximate surface area is 121 Å². The summed E-state index contributed by atoms with van der Waals surface area (Å²) in [7, 11) is 0. The van der Waals surface area contributed by atoms with Crippen molar-refractivity contribution in [3.8, 4) is 0 Å². The predicted molar refractivity (Wildman–Crippen MR) is 81.3 cm³/mol. The lowest BCUT2D eigenvalue weighted by Crippen LogP contribution is -2.43. The lowest BCUT2D eigenvalue weighted by Gasteiger charge is -2.34. The molecule has 0 fully saturated rings. The summed E-state index contributed by atoms with van der Waals surface area (Å²) >= 11 is 5.85. The Bertz CT molecular complexity index is 404. The van der Waals surface area contributed by atoms with E-state index in [1.807, 2.05) is 12.1 Å². The molecule has 0 aliphatic rings. The van der Waals surface area contributed by atoms with E-state index in [1.165, 1.54) is 0 Å². The molecule has 3 heteroatoms. The van der Waals surface area contributed by atoms with Gasteiger partial charge in [0.1, 0.15) is 5.82 Å². The van der Waals surface area contributed by atoms with E-state index in [9.17, 15) is 4.39 Å². The number of hydrogen-bond donors (Lipinski definition) is 1. The zero-order valence-electron chi connectivity index (χ0n) is 12.4. The third-order valence-electron chi connectivity index (χ3n) is 3.95. The van der Waals surface area contributed by atoms with Gasteiger partial charge in [-0.1, -0.05) is 51.4 Å². The van der Waals surface area contributed by atoms with Gasteiger partial charge in [-0.2, -0.15) is 0 Å². The fourth-order valence-electron chi connectivity index (χ4n) is 2.12. The van der Waals surface area contributed by atoms with E-state index >= 15 is 0 Å². The lowest BCUT2D eigenvalue weighted by atomic mass is 9.79. The molecule has 0 aliphatic carbocycles. The van der Waals surface area contributed by atoms with E-state index in [4.69, 9.17) is 11.6 Å². The molecular formula is C16H25ClFN. The van der Waals surface area contributed by atoms with Crippen LogP contribution in [0.4, 0.5) is 4.39 Å². The monoisotopic (exact) mass is 285 g/mol. The quantitative estimate of drug-likeness (QED) is 0.757. The van der Waals surface area contributed by atoms with Crippen molar-refractivity contribution < 1.29 is 4.39 Å². The van der Waals surface area contributed by atoms with Gasteiger partial charge in [-0.25, -0.2) is 4.39 Å². The number of halogens is 2. The van der Waals surface area contributed by atoms with Crippen molar-refractivity contribution in [1.82, 2.24) is 5.32 Å². The second-order valence-electron chi connectivity index (χ2n) is 5.77. The van der Waals surface area contributed by atoms with E-state index in [2.05, 4.69) is 33.0 Å². The van der Waals surface area contributed by atoms with E-state index in [1.54, 1.807) is 6.07 Å². The summed E-state index contributed by atoms with van der Waals surface area (Å²) in [5, 5.41) is 3.76. The molecule has 1 aromatic carbocycles. The van der Waals surface area contributed by atoms with E-state index in [-0.39, 0.29) is 22.3 Å². The maximum absolute atomic E-state index is 14.0. The maximum Gasteiger partial charge on any atom is 0.145 e. The topological polar surface area (TPSA) is 12.0 Å². The van der Waals surface area contributed by atoms with Crippen LogP contribution in [0.5, 0.6) is 0 Å². The van der Waals surface area contributed by atoms with Crippen molar-refractivity contribution in [3.05, 3.63) is 34.6 Å². The summed E-state index contributed by atoms with van der Waals surface area (Å²) in [6.07, 6.45) is 2.80. The number of nitrogens with one attached hydrogen (secondary N) is 1. The van der Waals surface area contributed by atoms with Crippen LogP contribution in [0.1, 0.15) is 46.1 Å². The Morgan fingerprint density at radius 2 is 2.00 bits per heavy atom. The van der Waals surface area contributed by atoms with Gasteiger partial charge in [0.25, 0.3) is 0 Å². The van der Waals surface area contributed by atoms with Gasteiger partial charge in [-0.05, 0) is 42.9 Å². The smallest absolute Gasteiger partial charge is 0.145 e. The van der Waals surface area contributed by atoms with Crippen molar-refractivity contribution in [2.75, 3.05) is 6.54 Å². The highest BCUT2D eigenvalue weighted by Gasteiger charge is 2.28. The summed E-state index contributed by atoms with van der Waals surface area (Å²) < 4.78 is 14.0. The predicted octanol–water partition coefficient (Wildman–Crippen LogP) is 4.83. The summed E-state index contributed by atoms with van der Waals surface area (Å²) in [6, 6.07) is 5.50. The first-order chi connectivity index (χ1) is 8.92. The molecule has 0 heterocycles. The van der Waals surface area contributed by atoms with Crippen LogP contribution < -0.4 is 5.32 Å². The average molecular weight is 286 g/mol.